The quantitative estimate of drug-likeness (QED) is 0.805. The van der Waals surface area contributed by atoms with Crippen molar-refractivity contribution >= 4 is 33.2 Å². The van der Waals surface area contributed by atoms with Gasteiger partial charge in [-0.3, -0.25) is 4.79 Å². The van der Waals surface area contributed by atoms with E-state index in [1.165, 1.54) is 13.0 Å². The van der Waals surface area contributed by atoms with E-state index in [-0.39, 0.29) is 11.3 Å². The summed E-state index contributed by atoms with van der Waals surface area (Å²) in [5.74, 6) is -5.03. The monoisotopic (exact) mass is 378 g/mol. The highest BCUT2D eigenvalue weighted by Crippen LogP contribution is 2.25. The van der Waals surface area contributed by atoms with E-state index in [2.05, 4.69) is 5.32 Å². The van der Waals surface area contributed by atoms with Crippen LogP contribution in [0.3, 0.4) is 0 Å². The van der Waals surface area contributed by atoms with Gasteiger partial charge in [-0.15, -0.1) is 0 Å². The number of carbonyl (C=O) groups excluding carboxylic acids is 1. The summed E-state index contributed by atoms with van der Waals surface area (Å²) >= 11 is 5.46. The van der Waals surface area contributed by atoms with Crippen molar-refractivity contribution in [3.63, 3.8) is 0 Å². The summed E-state index contributed by atoms with van der Waals surface area (Å²) in [6.07, 6.45) is 0. The number of nitrogens with two attached hydrogens (primary N) is 1. The highest BCUT2D eigenvalue weighted by molar-refractivity contribution is 7.89. The lowest BCUT2D eigenvalue weighted by Crippen LogP contribution is -2.20. The number of hydrogen-bond donors (Lipinski definition) is 2. The molecule has 2 aromatic rings. The second-order valence-corrected chi connectivity index (χ2v) is 6.76. The molecule has 0 aliphatic carbocycles. The molecule has 0 aliphatic heterocycles. The molecule has 0 unspecified atom stereocenters. The summed E-state index contributed by atoms with van der Waals surface area (Å²) in [5.41, 5.74) is -0.711. The van der Waals surface area contributed by atoms with Crippen molar-refractivity contribution in [1.82, 2.24) is 0 Å². The molecule has 10 heteroatoms. The van der Waals surface area contributed by atoms with Gasteiger partial charge < -0.3 is 5.32 Å². The van der Waals surface area contributed by atoms with E-state index in [9.17, 15) is 26.4 Å². The Balaban J connectivity index is 2.48. The first-order valence-corrected chi connectivity index (χ1v) is 8.22. The number of aryl methyl sites for hydroxylation is 1. The number of carbonyl (C=O) groups is 1. The van der Waals surface area contributed by atoms with Crippen LogP contribution in [0.15, 0.2) is 29.2 Å². The van der Waals surface area contributed by atoms with Gasteiger partial charge in [0.15, 0.2) is 17.5 Å². The van der Waals surface area contributed by atoms with E-state index in [0.717, 1.165) is 12.1 Å². The Hall–Kier alpha value is -2.10. The third-order valence-corrected chi connectivity index (χ3v) is 4.29. The summed E-state index contributed by atoms with van der Waals surface area (Å²) in [6, 6.07) is 3.69. The standard InChI is InChI=1S/C14H10ClF3N2O3S/c1-6-2-3-10(24(19,22)23)13(18)11(6)14(21)20-7-4-8(15)12(17)9(16)5-7/h2-5H,1H3,(H,20,21)(H2,19,22,23). The normalized spacial score (nSPS) is 11.4. The molecule has 128 valence electrons. The van der Waals surface area contributed by atoms with Crippen LogP contribution in [0.2, 0.25) is 5.02 Å². The topological polar surface area (TPSA) is 89.3 Å². The predicted molar refractivity (Wildman–Crippen MR) is 81.8 cm³/mol. The molecule has 2 rings (SSSR count). The largest absolute Gasteiger partial charge is 0.322 e. The second-order valence-electron chi connectivity index (χ2n) is 4.82. The van der Waals surface area contributed by atoms with Crippen LogP contribution < -0.4 is 10.5 Å². The number of hydrogen-bond acceptors (Lipinski definition) is 3. The van der Waals surface area contributed by atoms with Gasteiger partial charge in [-0.2, -0.15) is 0 Å². The molecule has 3 N–H and O–H groups in total. The van der Waals surface area contributed by atoms with Gasteiger partial charge in [-0.1, -0.05) is 17.7 Å². The Bertz CT molecular complexity index is 926. The van der Waals surface area contributed by atoms with Gasteiger partial charge in [-0.25, -0.2) is 26.7 Å². The minimum Gasteiger partial charge on any atom is -0.322 e. The summed E-state index contributed by atoms with van der Waals surface area (Å²) in [5, 5.41) is 6.42. The fourth-order valence-corrected chi connectivity index (χ4v) is 2.79. The number of nitrogens with one attached hydrogen (secondary N) is 1. The Labute approximate surface area is 140 Å². The van der Waals surface area contributed by atoms with E-state index < -0.39 is 48.9 Å². The molecule has 0 aliphatic rings. The highest BCUT2D eigenvalue weighted by Gasteiger charge is 2.24. The second kappa shape index (κ2) is 6.42. The van der Waals surface area contributed by atoms with Crippen LogP contribution in [0.4, 0.5) is 18.9 Å². The van der Waals surface area contributed by atoms with Crippen LogP contribution in [0.1, 0.15) is 15.9 Å². The van der Waals surface area contributed by atoms with Crippen LogP contribution >= 0.6 is 11.6 Å². The first-order chi connectivity index (χ1) is 11.0. The average Bonchev–Trinajstić information content (AvgIpc) is 2.43. The lowest BCUT2D eigenvalue weighted by Gasteiger charge is -2.11. The number of benzene rings is 2. The van der Waals surface area contributed by atoms with Crippen LogP contribution in [0.25, 0.3) is 0 Å². The maximum atomic E-state index is 14.3. The third-order valence-electron chi connectivity index (χ3n) is 3.09. The zero-order valence-electron chi connectivity index (χ0n) is 12.0. The molecule has 0 heterocycles. The van der Waals surface area contributed by atoms with Crippen molar-refractivity contribution in [2.24, 2.45) is 5.14 Å². The van der Waals surface area contributed by atoms with Gasteiger partial charge in [0.05, 0.1) is 10.6 Å². The first kappa shape index (κ1) is 18.2. The SMILES string of the molecule is Cc1ccc(S(N)(=O)=O)c(F)c1C(=O)Nc1cc(F)c(F)c(Cl)c1. The maximum Gasteiger partial charge on any atom is 0.258 e. The molecular weight excluding hydrogens is 369 g/mol. The van der Waals surface area contributed by atoms with E-state index in [0.29, 0.717) is 6.07 Å². The third kappa shape index (κ3) is 3.53. The highest BCUT2D eigenvalue weighted by atomic mass is 35.5. The molecule has 0 bridgehead atoms. The number of anilines is 1. The Kier molecular flexibility index (Phi) is 4.88. The van der Waals surface area contributed by atoms with E-state index in [1.807, 2.05) is 0 Å². The van der Waals surface area contributed by atoms with Crippen LogP contribution in [0, 0.1) is 24.4 Å². The molecule has 0 spiro atoms. The molecule has 0 fully saturated rings. The van der Waals surface area contributed by atoms with Gasteiger partial charge in [0.25, 0.3) is 5.91 Å². The number of sulfonamides is 1. The molecule has 0 saturated carbocycles. The molecule has 5 nitrogen and oxygen atoms in total. The molecule has 0 radical (unpaired) electrons. The summed E-state index contributed by atoms with van der Waals surface area (Å²) in [6.45, 7) is 1.36. The molecule has 24 heavy (non-hydrogen) atoms. The first-order valence-electron chi connectivity index (χ1n) is 6.30. The molecule has 0 atom stereocenters. The zero-order chi connectivity index (χ0) is 18.2. The van der Waals surface area contributed by atoms with Crippen molar-refractivity contribution in [3.8, 4) is 0 Å². The Morgan fingerprint density at radius 2 is 1.79 bits per heavy atom. The lowest BCUT2D eigenvalue weighted by atomic mass is 10.1. The predicted octanol–water partition coefficient (Wildman–Crippen LogP) is 2.97. The van der Waals surface area contributed by atoms with Gasteiger partial charge in [0.1, 0.15) is 4.90 Å². The molecule has 0 aromatic heterocycles. The van der Waals surface area contributed by atoms with Gasteiger partial charge in [0, 0.05) is 11.8 Å². The van der Waals surface area contributed by atoms with Crippen LogP contribution in [-0.2, 0) is 10.0 Å². The van der Waals surface area contributed by atoms with Crippen molar-refractivity contribution < 1.29 is 26.4 Å². The minimum absolute atomic E-state index is 0.117. The summed E-state index contributed by atoms with van der Waals surface area (Å²) in [4.78, 5) is 11.3. The van der Waals surface area contributed by atoms with Gasteiger partial charge in [0.2, 0.25) is 10.0 Å². The van der Waals surface area contributed by atoms with Crippen LogP contribution in [0.5, 0.6) is 0 Å². The Morgan fingerprint density at radius 3 is 2.33 bits per heavy atom. The number of amides is 1. The molecular formula is C14H10ClF3N2O3S. The fourth-order valence-electron chi connectivity index (χ4n) is 1.97. The van der Waals surface area contributed by atoms with E-state index >= 15 is 0 Å². The van der Waals surface area contributed by atoms with Crippen molar-refractivity contribution in [2.75, 3.05) is 5.32 Å². The summed E-state index contributed by atoms with van der Waals surface area (Å²) in [7, 11) is -4.38. The number of rotatable bonds is 3. The van der Waals surface area contributed by atoms with E-state index in [1.54, 1.807) is 0 Å². The smallest absolute Gasteiger partial charge is 0.258 e. The lowest BCUT2D eigenvalue weighted by molar-refractivity contribution is 0.102. The van der Waals surface area contributed by atoms with Crippen molar-refractivity contribution in [1.29, 1.82) is 0 Å². The van der Waals surface area contributed by atoms with E-state index in [4.69, 9.17) is 16.7 Å². The van der Waals surface area contributed by atoms with Crippen molar-refractivity contribution in [2.45, 2.75) is 11.8 Å². The number of halogens is 4. The molecule has 1 amide bonds. The fraction of sp³-hybridized carbons (Fsp3) is 0.0714. The average molecular weight is 379 g/mol. The Morgan fingerprint density at radius 1 is 1.17 bits per heavy atom. The molecule has 0 saturated heterocycles. The van der Waals surface area contributed by atoms with Crippen molar-refractivity contribution in [3.05, 3.63) is 57.9 Å². The number of primary sulfonamides is 1. The minimum atomic E-state index is -4.38. The van der Waals surface area contributed by atoms with Gasteiger partial charge in [-0.05, 0) is 24.6 Å². The maximum absolute atomic E-state index is 14.3. The molecule has 2 aromatic carbocycles. The summed E-state index contributed by atoms with van der Waals surface area (Å²) < 4.78 is 63.4. The van der Waals surface area contributed by atoms with Crippen LogP contribution in [-0.4, -0.2) is 14.3 Å². The van der Waals surface area contributed by atoms with Gasteiger partial charge >= 0.3 is 0 Å². The zero-order valence-corrected chi connectivity index (χ0v) is 13.6.